The van der Waals surface area contributed by atoms with Crippen LogP contribution in [-0.4, -0.2) is 55.7 Å². The number of aromatic nitrogens is 1. The van der Waals surface area contributed by atoms with Gasteiger partial charge in [0.2, 0.25) is 5.91 Å². The van der Waals surface area contributed by atoms with Crippen LogP contribution < -0.4 is 5.32 Å². The fraction of sp³-hybridized carbons (Fsp3) is 0.333. The number of nitrogens with zero attached hydrogens (tertiary/aromatic N) is 1. The summed E-state index contributed by atoms with van der Waals surface area (Å²) in [4.78, 5) is 56.1. The van der Waals surface area contributed by atoms with Gasteiger partial charge in [-0.05, 0) is 36.6 Å². The summed E-state index contributed by atoms with van der Waals surface area (Å²) in [6.45, 7) is 0.0885. The summed E-state index contributed by atoms with van der Waals surface area (Å²) in [6, 6.07) is 11.5. The molecule has 2 amide bonds. The highest BCUT2D eigenvalue weighted by Crippen LogP contribution is 2.27. The molecular weight excluding hydrogens is 462 g/mol. The van der Waals surface area contributed by atoms with Gasteiger partial charge in [0.25, 0.3) is 11.7 Å². The second kappa shape index (κ2) is 11.1. The maximum Gasteiger partial charge on any atom is 0.326 e. The number of ketones is 1. The summed E-state index contributed by atoms with van der Waals surface area (Å²) in [5.41, 5.74) is 1.51. The number of para-hydroxylation sites is 1. The van der Waals surface area contributed by atoms with E-state index in [1.807, 2.05) is 0 Å². The van der Waals surface area contributed by atoms with E-state index in [1.165, 1.54) is 18.3 Å². The van der Waals surface area contributed by atoms with Crippen molar-refractivity contribution in [3.05, 3.63) is 65.9 Å². The van der Waals surface area contributed by atoms with Crippen molar-refractivity contribution in [2.45, 2.75) is 57.2 Å². The number of carbonyl (C=O) groups excluding carboxylic acids is 3. The maximum absolute atomic E-state index is 13.6. The smallest absolute Gasteiger partial charge is 0.326 e. The number of carboxylic acid groups (broad SMARTS) is 1. The number of fused-ring (bicyclic) bond motifs is 1. The highest BCUT2D eigenvalue weighted by Gasteiger charge is 2.40. The van der Waals surface area contributed by atoms with Crippen molar-refractivity contribution in [3.8, 4) is 5.75 Å². The predicted octanol–water partition coefficient (Wildman–Crippen LogP) is 3.38. The van der Waals surface area contributed by atoms with Gasteiger partial charge in [-0.25, -0.2) is 4.79 Å². The van der Waals surface area contributed by atoms with Crippen molar-refractivity contribution >= 4 is 34.5 Å². The van der Waals surface area contributed by atoms with Crippen LogP contribution in [0.2, 0.25) is 0 Å². The minimum Gasteiger partial charge on any atom is -0.508 e. The van der Waals surface area contributed by atoms with Crippen LogP contribution in [-0.2, 0) is 20.9 Å². The minimum atomic E-state index is -1.49. The average molecular weight is 492 g/mol. The molecular formula is C27H29N3O6. The Labute approximate surface area is 208 Å². The molecule has 1 atom stereocenters. The van der Waals surface area contributed by atoms with Gasteiger partial charge in [0.15, 0.2) is 0 Å². The number of phenols is 1. The number of phenolic OH excluding ortho intramolecular Hbond substituents is 1. The molecule has 9 heteroatoms. The summed E-state index contributed by atoms with van der Waals surface area (Å²) in [7, 11) is 0. The van der Waals surface area contributed by atoms with Crippen molar-refractivity contribution in [2.75, 3.05) is 0 Å². The molecule has 1 heterocycles. The lowest BCUT2D eigenvalue weighted by atomic mass is 9.91. The van der Waals surface area contributed by atoms with E-state index < -0.39 is 42.1 Å². The second-order valence-corrected chi connectivity index (χ2v) is 9.09. The third kappa shape index (κ3) is 5.56. The zero-order valence-electron chi connectivity index (χ0n) is 19.8. The molecule has 3 aromatic rings. The number of nitrogens with one attached hydrogen (secondary N) is 2. The second-order valence-electron chi connectivity index (χ2n) is 9.09. The fourth-order valence-corrected chi connectivity index (χ4v) is 4.83. The standard InChI is InChI=1S/C27H29N3O6/c31-19-10-6-7-17(13-19)15-29-24(32)14-23(27(35)36)30(18-8-2-1-3-9-18)26(34)25(33)21-16-28-22-12-5-4-11-20(21)22/h4-7,10-13,16,18,23,28,31H,1-3,8-9,14-15H2,(H,29,32)(H,35,36). The monoisotopic (exact) mass is 491 g/mol. The zero-order chi connectivity index (χ0) is 25.7. The van der Waals surface area contributed by atoms with Gasteiger partial charge in [0.05, 0.1) is 12.0 Å². The summed E-state index contributed by atoms with van der Waals surface area (Å²) >= 11 is 0. The van der Waals surface area contributed by atoms with Gasteiger partial charge in [-0.1, -0.05) is 49.6 Å². The number of aliphatic carboxylic acids is 1. The summed E-state index contributed by atoms with van der Waals surface area (Å²) in [6.07, 6.45) is 4.71. The molecule has 4 N–H and O–H groups in total. The Balaban J connectivity index is 1.57. The molecule has 0 aliphatic heterocycles. The normalized spacial score (nSPS) is 14.8. The molecule has 0 bridgehead atoms. The molecule has 4 rings (SSSR count). The predicted molar refractivity (Wildman–Crippen MR) is 132 cm³/mol. The van der Waals surface area contributed by atoms with E-state index >= 15 is 0 Å². The number of aromatic amines is 1. The molecule has 1 aliphatic carbocycles. The Bertz CT molecular complexity index is 1280. The molecule has 1 fully saturated rings. The van der Waals surface area contributed by atoms with Crippen LogP contribution in [0.15, 0.2) is 54.7 Å². The number of benzene rings is 2. The Morgan fingerprint density at radius 3 is 2.50 bits per heavy atom. The van der Waals surface area contributed by atoms with Crippen molar-refractivity contribution < 1.29 is 29.4 Å². The lowest BCUT2D eigenvalue weighted by molar-refractivity contribution is -0.152. The molecule has 1 saturated carbocycles. The third-order valence-corrected chi connectivity index (χ3v) is 6.63. The summed E-state index contributed by atoms with van der Waals surface area (Å²) in [5, 5.41) is 22.9. The van der Waals surface area contributed by atoms with Gasteiger partial charge in [0, 0.05) is 29.7 Å². The first-order valence-corrected chi connectivity index (χ1v) is 12.1. The zero-order valence-corrected chi connectivity index (χ0v) is 19.8. The van der Waals surface area contributed by atoms with Crippen LogP contribution in [0.4, 0.5) is 0 Å². The van der Waals surface area contributed by atoms with E-state index in [2.05, 4.69) is 10.3 Å². The molecule has 188 valence electrons. The van der Waals surface area contributed by atoms with Crippen LogP contribution in [0.25, 0.3) is 10.9 Å². The molecule has 0 saturated heterocycles. The van der Waals surface area contributed by atoms with Crippen LogP contribution in [0, 0.1) is 0 Å². The Hall–Kier alpha value is -4.14. The number of H-pyrrole nitrogens is 1. The number of hydrogen-bond acceptors (Lipinski definition) is 5. The highest BCUT2D eigenvalue weighted by molar-refractivity contribution is 6.45. The minimum absolute atomic E-state index is 0.0509. The quantitative estimate of drug-likeness (QED) is 0.267. The number of hydrogen-bond donors (Lipinski definition) is 4. The SMILES string of the molecule is O=C(CC(C(=O)O)N(C(=O)C(=O)c1c[nH]c2ccccc12)C1CCCCC1)NCc1cccc(O)c1. The Morgan fingerprint density at radius 1 is 1.03 bits per heavy atom. The van der Waals surface area contributed by atoms with Crippen molar-refractivity contribution in [2.24, 2.45) is 0 Å². The van der Waals surface area contributed by atoms with E-state index in [0.29, 0.717) is 29.3 Å². The van der Waals surface area contributed by atoms with Gasteiger partial charge < -0.3 is 25.4 Å². The third-order valence-electron chi connectivity index (χ3n) is 6.63. The van der Waals surface area contributed by atoms with Crippen LogP contribution in [0.1, 0.15) is 54.4 Å². The molecule has 0 spiro atoms. The molecule has 36 heavy (non-hydrogen) atoms. The molecule has 9 nitrogen and oxygen atoms in total. The molecule has 1 aliphatic rings. The van der Waals surface area contributed by atoms with Crippen molar-refractivity contribution in [1.82, 2.24) is 15.2 Å². The first-order chi connectivity index (χ1) is 17.3. The summed E-state index contributed by atoms with van der Waals surface area (Å²) in [5.74, 6) is -3.58. The van der Waals surface area contributed by atoms with Crippen LogP contribution in [0.5, 0.6) is 5.75 Å². The largest absolute Gasteiger partial charge is 0.508 e. The maximum atomic E-state index is 13.6. The first-order valence-electron chi connectivity index (χ1n) is 12.1. The van der Waals surface area contributed by atoms with E-state index in [1.54, 1.807) is 36.4 Å². The van der Waals surface area contributed by atoms with Crippen LogP contribution in [0.3, 0.4) is 0 Å². The van der Waals surface area contributed by atoms with Crippen LogP contribution >= 0.6 is 0 Å². The first kappa shape index (κ1) is 25.0. The number of aromatic hydroxyl groups is 1. The highest BCUT2D eigenvalue weighted by atomic mass is 16.4. The van der Waals surface area contributed by atoms with Crippen molar-refractivity contribution in [3.63, 3.8) is 0 Å². The van der Waals surface area contributed by atoms with Gasteiger partial charge in [0.1, 0.15) is 11.8 Å². The lowest BCUT2D eigenvalue weighted by Gasteiger charge is -2.37. The number of amides is 2. The Morgan fingerprint density at radius 2 is 1.78 bits per heavy atom. The molecule has 0 radical (unpaired) electrons. The number of rotatable bonds is 9. The summed E-state index contributed by atoms with van der Waals surface area (Å²) < 4.78 is 0. The van der Waals surface area contributed by atoms with E-state index in [-0.39, 0.29) is 17.9 Å². The van der Waals surface area contributed by atoms with Gasteiger partial charge >= 0.3 is 5.97 Å². The average Bonchev–Trinajstić information content (AvgIpc) is 3.31. The van der Waals surface area contributed by atoms with E-state index in [9.17, 15) is 29.4 Å². The lowest BCUT2D eigenvalue weighted by Crippen LogP contribution is -2.55. The van der Waals surface area contributed by atoms with Crippen molar-refractivity contribution in [1.29, 1.82) is 0 Å². The molecule has 1 aromatic heterocycles. The number of carbonyl (C=O) groups is 4. The fourth-order valence-electron chi connectivity index (χ4n) is 4.83. The Kier molecular flexibility index (Phi) is 7.68. The van der Waals surface area contributed by atoms with Gasteiger partial charge in [-0.2, -0.15) is 0 Å². The molecule has 1 unspecified atom stereocenters. The topological polar surface area (TPSA) is 140 Å². The van der Waals surface area contributed by atoms with Gasteiger partial charge in [-0.15, -0.1) is 0 Å². The van der Waals surface area contributed by atoms with E-state index in [0.717, 1.165) is 24.2 Å². The number of carboxylic acids is 1. The molecule has 2 aromatic carbocycles. The number of Topliss-reactive ketones (excluding diaryl/α,β-unsaturated/α-hetero) is 1. The van der Waals surface area contributed by atoms with E-state index in [4.69, 9.17) is 0 Å². The van der Waals surface area contributed by atoms with Gasteiger partial charge in [-0.3, -0.25) is 14.4 Å².